The van der Waals surface area contributed by atoms with Gasteiger partial charge in [-0.2, -0.15) is 0 Å². The zero-order valence-electron chi connectivity index (χ0n) is 9.74. The summed E-state index contributed by atoms with van der Waals surface area (Å²) in [5, 5.41) is 0. The lowest BCUT2D eigenvalue weighted by atomic mass is 9.79. The van der Waals surface area contributed by atoms with Gasteiger partial charge in [-0.1, -0.05) is 13.3 Å². The number of ketones is 1. The molecule has 84 valence electrons. The van der Waals surface area contributed by atoms with Crippen LogP contribution < -0.4 is 0 Å². The van der Waals surface area contributed by atoms with Gasteiger partial charge in [0.1, 0.15) is 5.78 Å². The number of carbonyl (C=O) groups is 1. The maximum absolute atomic E-state index is 11.5. The Bertz CT molecular complexity index is 271. The molecule has 3 rings (SSSR count). The number of rotatable bonds is 2. The van der Waals surface area contributed by atoms with Crippen LogP contribution in [0.3, 0.4) is 0 Å². The molecule has 0 heterocycles. The topological polar surface area (TPSA) is 17.1 Å². The highest BCUT2D eigenvalue weighted by Crippen LogP contribution is 2.51. The minimum absolute atomic E-state index is 0.379. The quantitative estimate of drug-likeness (QED) is 0.676. The molecule has 3 aliphatic carbocycles. The standard InChI is InChI=1S/C14H22O/c1-9-11(4-5-14(9)15)8-13-7-10-2-3-12(13)6-10/h9-13H,2-8H2,1H3. The lowest BCUT2D eigenvalue weighted by molar-refractivity contribution is -0.120. The van der Waals surface area contributed by atoms with E-state index in [1.807, 2.05) is 0 Å². The van der Waals surface area contributed by atoms with Crippen molar-refractivity contribution in [3.05, 3.63) is 0 Å². The second-order valence-corrected chi connectivity index (χ2v) is 6.22. The molecule has 15 heavy (non-hydrogen) atoms. The molecule has 0 aromatic rings. The fraction of sp³-hybridized carbons (Fsp3) is 0.929. The molecule has 0 saturated heterocycles. The first-order chi connectivity index (χ1) is 7.24. The van der Waals surface area contributed by atoms with Gasteiger partial charge in [0.15, 0.2) is 0 Å². The summed E-state index contributed by atoms with van der Waals surface area (Å²) in [6.07, 6.45) is 9.42. The Morgan fingerprint density at radius 2 is 2.00 bits per heavy atom. The molecule has 5 atom stereocenters. The summed E-state index contributed by atoms with van der Waals surface area (Å²) >= 11 is 0. The second-order valence-electron chi connectivity index (χ2n) is 6.22. The van der Waals surface area contributed by atoms with Crippen LogP contribution in [0.25, 0.3) is 0 Å². The monoisotopic (exact) mass is 206 g/mol. The van der Waals surface area contributed by atoms with Crippen molar-refractivity contribution in [1.82, 2.24) is 0 Å². The first kappa shape index (κ1) is 9.86. The first-order valence-electron chi connectivity index (χ1n) is 6.76. The summed E-state index contributed by atoms with van der Waals surface area (Å²) < 4.78 is 0. The molecule has 0 N–H and O–H groups in total. The highest BCUT2D eigenvalue weighted by molar-refractivity contribution is 5.82. The minimum Gasteiger partial charge on any atom is -0.299 e. The van der Waals surface area contributed by atoms with Crippen LogP contribution in [0.1, 0.15) is 51.9 Å². The number of carbonyl (C=O) groups excluding carboxylic acids is 1. The Hall–Kier alpha value is -0.330. The molecule has 0 aromatic heterocycles. The average molecular weight is 206 g/mol. The van der Waals surface area contributed by atoms with Crippen LogP contribution >= 0.6 is 0 Å². The van der Waals surface area contributed by atoms with Crippen molar-refractivity contribution in [2.24, 2.45) is 29.6 Å². The summed E-state index contributed by atoms with van der Waals surface area (Å²) in [5.74, 6) is 4.74. The van der Waals surface area contributed by atoms with Crippen LogP contribution in [0.15, 0.2) is 0 Å². The minimum atomic E-state index is 0.379. The van der Waals surface area contributed by atoms with Gasteiger partial charge >= 0.3 is 0 Å². The second kappa shape index (κ2) is 3.61. The van der Waals surface area contributed by atoms with E-state index in [1.54, 1.807) is 0 Å². The van der Waals surface area contributed by atoms with Gasteiger partial charge in [-0.05, 0) is 55.8 Å². The molecule has 2 bridgehead atoms. The van der Waals surface area contributed by atoms with E-state index in [0.717, 1.165) is 30.1 Å². The van der Waals surface area contributed by atoms with Gasteiger partial charge in [0, 0.05) is 12.3 Å². The van der Waals surface area contributed by atoms with Crippen LogP contribution in [0, 0.1) is 29.6 Å². The predicted molar refractivity (Wildman–Crippen MR) is 60.5 cm³/mol. The lowest BCUT2D eigenvalue weighted by Gasteiger charge is -2.26. The maximum atomic E-state index is 11.5. The van der Waals surface area contributed by atoms with Gasteiger partial charge < -0.3 is 0 Å². The number of hydrogen-bond donors (Lipinski definition) is 0. The summed E-state index contributed by atoms with van der Waals surface area (Å²) in [6.45, 7) is 2.16. The Kier molecular flexibility index (Phi) is 2.37. The van der Waals surface area contributed by atoms with Crippen LogP contribution in [0.5, 0.6) is 0 Å². The molecule has 1 nitrogen and oxygen atoms in total. The van der Waals surface area contributed by atoms with E-state index >= 15 is 0 Å². The largest absolute Gasteiger partial charge is 0.299 e. The maximum Gasteiger partial charge on any atom is 0.135 e. The van der Waals surface area contributed by atoms with Crippen LogP contribution in [0.2, 0.25) is 0 Å². The molecule has 3 saturated carbocycles. The van der Waals surface area contributed by atoms with E-state index in [2.05, 4.69) is 6.92 Å². The van der Waals surface area contributed by atoms with Crippen LogP contribution in [0.4, 0.5) is 0 Å². The molecule has 1 heteroatoms. The zero-order chi connectivity index (χ0) is 10.4. The first-order valence-corrected chi connectivity index (χ1v) is 6.76. The average Bonchev–Trinajstić information content (AvgIpc) is 2.89. The van der Waals surface area contributed by atoms with Gasteiger partial charge in [0.05, 0.1) is 0 Å². The van der Waals surface area contributed by atoms with Gasteiger partial charge in [-0.25, -0.2) is 0 Å². The van der Waals surface area contributed by atoms with Crippen LogP contribution in [-0.4, -0.2) is 5.78 Å². The number of hydrogen-bond acceptors (Lipinski definition) is 1. The smallest absolute Gasteiger partial charge is 0.135 e. The highest BCUT2D eigenvalue weighted by Gasteiger charge is 2.42. The Balaban J connectivity index is 1.60. The van der Waals surface area contributed by atoms with E-state index in [4.69, 9.17) is 0 Å². The van der Waals surface area contributed by atoms with Crippen molar-refractivity contribution in [2.75, 3.05) is 0 Å². The summed E-state index contributed by atoms with van der Waals surface area (Å²) in [6, 6.07) is 0. The Labute approximate surface area is 92.6 Å². The summed E-state index contributed by atoms with van der Waals surface area (Å²) in [7, 11) is 0. The van der Waals surface area contributed by atoms with Crippen molar-refractivity contribution in [3.8, 4) is 0 Å². The van der Waals surface area contributed by atoms with E-state index in [1.165, 1.54) is 38.5 Å². The fourth-order valence-electron chi connectivity index (χ4n) is 4.44. The van der Waals surface area contributed by atoms with E-state index < -0.39 is 0 Å². The van der Waals surface area contributed by atoms with E-state index in [0.29, 0.717) is 11.7 Å². The number of Topliss-reactive ketones (excluding diaryl/α,β-unsaturated/α-hetero) is 1. The van der Waals surface area contributed by atoms with E-state index in [-0.39, 0.29) is 0 Å². The molecule has 0 amide bonds. The summed E-state index contributed by atoms with van der Waals surface area (Å²) in [4.78, 5) is 11.5. The Morgan fingerprint density at radius 3 is 2.53 bits per heavy atom. The van der Waals surface area contributed by atoms with Gasteiger partial charge in [0.2, 0.25) is 0 Å². The van der Waals surface area contributed by atoms with Crippen molar-refractivity contribution in [3.63, 3.8) is 0 Å². The molecule has 0 spiro atoms. The molecular weight excluding hydrogens is 184 g/mol. The molecule has 5 unspecified atom stereocenters. The fourth-order valence-corrected chi connectivity index (χ4v) is 4.44. The van der Waals surface area contributed by atoms with Gasteiger partial charge in [-0.3, -0.25) is 4.79 Å². The van der Waals surface area contributed by atoms with E-state index in [9.17, 15) is 4.79 Å². The lowest BCUT2D eigenvalue weighted by Crippen LogP contribution is -2.18. The predicted octanol–water partition coefficient (Wildman–Crippen LogP) is 3.43. The zero-order valence-corrected chi connectivity index (χ0v) is 9.74. The van der Waals surface area contributed by atoms with Gasteiger partial charge in [-0.15, -0.1) is 0 Å². The molecule has 0 radical (unpaired) electrons. The third kappa shape index (κ3) is 1.64. The van der Waals surface area contributed by atoms with Gasteiger partial charge in [0.25, 0.3) is 0 Å². The molecule has 0 aromatic carbocycles. The molecular formula is C14H22O. The SMILES string of the molecule is CC1C(=O)CCC1CC1CC2CCC1C2. The normalized spacial score (nSPS) is 49.1. The highest BCUT2D eigenvalue weighted by atomic mass is 16.1. The van der Waals surface area contributed by atoms with Crippen molar-refractivity contribution in [2.45, 2.75) is 51.9 Å². The van der Waals surface area contributed by atoms with Crippen molar-refractivity contribution >= 4 is 5.78 Å². The van der Waals surface area contributed by atoms with Crippen molar-refractivity contribution < 1.29 is 4.79 Å². The molecule has 3 aliphatic rings. The molecule has 0 aliphatic heterocycles. The van der Waals surface area contributed by atoms with Crippen molar-refractivity contribution in [1.29, 1.82) is 0 Å². The summed E-state index contributed by atoms with van der Waals surface area (Å²) in [5.41, 5.74) is 0. The third-order valence-corrected chi connectivity index (χ3v) is 5.47. The third-order valence-electron chi connectivity index (χ3n) is 5.47. The molecule has 3 fully saturated rings. The van der Waals surface area contributed by atoms with Crippen LogP contribution in [-0.2, 0) is 4.79 Å². The Morgan fingerprint density at radius 1 is 1.13 bits per heavy atom. The number of fused-ring (bicyclic) bond motifs is 2.